The standard InChI is InChI=1S/C46H73N11O12S2/c1-24(2)20-31-40(62)54-33(46(68)69)23-71-70-22-28(48)45(67)57-19-11-15-34(57)42(64)53-32(21-27-12-7-6-8-13-27)41(63)55-36(25(3)4)43(65)50-29(14-9-10-18-47)39(61)56-37(26(5)58)44(66)51-30(38(60)52-31)16-17-35(49)59/h6-8,12-13,24-26,28-34,36-37,58H,9-11,14-23,47-48H2,1-5H3,(H2,49,59)(H,50,65)(H,51,66)(H,52,60)(H,53,64)(H,54,62)(H,55,63)(H,56,61)(H,68,69)/t26-,28+,29+,30+,31+,32+,33+,34+,36+,37+/m1/s1. The minimum absolute atomic E-state index is 0.00229. The molecule has 2 saturated heterocycles. The van der Waals surface area contributed by atoms with Crippen molar-refractivity contribution in [3.05, 3.63) is 35.9 Å². The molecule has 25 heteroatoms. The van der Waals surface area contributed by atoms with E-state index in [2.05, 4.69) is 37.2 Å². The van der Waals surface area contributed by atoms with Gasteiger partial charge in [-0.2, -0.15) is 0 Å². The molecule has 1 aromatic carbocycles. The zero-order valence-corrected chi connectivity index (χ0v) is 42.6. The number of hydrogen-bond donors (Lipinski definition) is 12. The largest absolute Gasteiger partial charge is 0.480 e. The molecule has 0 aromatic heterocycles. The third-order valence-electron chi connectivity index (χ3n) is 11.8. The summed E-state index contributed by atoms with van der Waals surface area (Å²) < 4.78 is 0. The van der Waals surface area contributed by atoms with Crippen LogP contribution in [0.15, 0.2) is 30.3 Å². The predicted molar refractivity (Wildman–Crippen MR) is 266 cm³/mol. The van der Waals surface area contributed by atoms with Crippen LogP contribution >= 0.6 is 21.6 Å². The Bertz CT molecular complexity index is 2020. The van der Waals surface area contributed by atoms with Gasteiger partial charge in [-0.15, -0.1) is 0 Å². The lowest BCUT2D eigenvalue weighted by Crippen LogP contribution is -2.62. The number of carboxylic acid groups (broad SMARTS) is 1. The number of nitrogens with one attached hydrogen (secondary N) is 7. The lowest BCUT2D eigenvalue weighted by Gasteiger charge is -2.30. The number of carbonyl (C=O) groups is 10. The maximum atomic E-state index is 14.3. The molecule has 396 valence electrons. The van der Waals surface area contributed by atoms with Gasteiger partial charge >= 0.3 is 5.97 Å². The van der Waals surface area contributed by atoms with Crippen LogP contribution in [0.5, 0.6) is 0 Å². The maximum Gasteiger partial charge on any atom is 0.327 e. The van der Waals surface area contributed by atoms with Gasteiger partial charge in [-0.05, 0) is 75.8 Å². The predicted octanol–water partition coefficient (Wildman–Crippen LogP) is -2.10. The number of carboxylic acids is 1. The van der Waals surface area contributed by atoms with Gasteiger partial charge in [0.2, 0.25) is 53.2 Å². The van der Waals surface area contributed by atoms with Crippen LogP contribution in [-0.4, -0.2) is 159 Å². The third-order valence-corrected chi connectivity index (χ3v) is 14.2. The van der Waals surface area contributed by atoms with Crippen molar-refractivity contribution in [2.24, 2.45) is 29.0 Å². The van der Waals surface area contributed by atoms with Gasteiger partial charge in [0.1, 0.15) is 48.3 Å². The molecule has 0 unspecified atom stereocenters. The van der Waals surface area contributed by atoms with E-state index in [0.717, 1.165) is 21.6 Å². The SMILES string of the molecule is CC(C)C[C@@H]1NC(=O)[C@H](CCC(N)=O)NC(=O)[C@H]([C@@H](C)O)NC(=O)[C@H](CCCCN)NC(=O)[C@H](C(C)C)NC(=O)[C@H](Cc2ccccc2)NC(=O)[C@@H]2CCCN2C(=O)[C@@H](N)CSSC[C@@H](C(=O)O)NC1=O. The molecule has 10 atom stereocenters. The molecule has 0 spiro atoms. The van der Waals surface area contributed by atoms with E-state index < -0.39 is 132 Å². The molecule has 0 bridgehead atoms. The zero-order valence-electron chi connectivity index (χ0n) is 41.0. The van der Waals surface area contributed by atoms with Crippen molar-refractivity contribution < 1.29 is 58.2 Å². The average molecular weight is 1040 g/mol. The molecule has 15 N–H and O–H groups in total. The van der Waals surface area contributed by atoms with Crippen LogP contribution in [0.1, 0.15) is 91.5 Å². The highest BCUT2D eigenvalue weighted by molar-refractivity contribution is 8.76. The minimum Gasteiger partial charge on any atom is -0.480 e. The highest BCUT2D eigenvalue weighted by Gasteiger charge is 2.40. The summed E-state index contributed by atoms with van der Waals surface area (Å²) in [5.74, 6) is -9.82. The number of unbranched alkanes of at least 4 members (excludes halogenated alkanes) is 1. The van der Waals surface area contributed by atoms with Crippen molar-refractivity contribution >= 4 is 80.7 Å². The second-order valence-electron chi connectivity index (χ2n) is 18.6. The first kappa shape index (κ1) is 59.8. The molecule has 2 fully saturated rings. The van der Waals surface area contributed by atoms with Crippen LogP contribution in [0.25, 0.3) is 0 Å². The van der Waals surface area contributed by atoms with Crippen molar-refractivity contribution in [3.8, 4) is 0 Å². The molecule has 2 aliphatic heterocycles. The summed E-state index contributed by atoms with van der Waals surface area (Å²) in [6, 6.07) is -3.36. The topological polar surface area (TPSA) is 377 Å². The molecule has 1 aromatic rings. The van der Waals surface area contributed by atoms with Crippen LogP contribution in [0.2, 0.25) is 0 Å². The van der Waals surface area contributed by atoms with Crippen molar-refractivity contribution in [3.63, 3.8) is 0 Å². The fourth-order valence-corrected chi connectivity index (χ4v) is 10.1. The van der Waals surface area contributed by atoms with E-state index >= 15 is 0 Å². The highest BCUT2D eigenvalue weighted by atomic mass is 33.1. The van der Waals surface area contributed by atoms with E-state index in [4.69, 9.17) is 17.2 Å². The van der Waals surface area contributed by atoms with Crippen molar-refractivity contribution in [1.29, 1.82) is 0 Å². The number of benzene rings is 1. The molecule has 0 saturated carbocycles. The molecule has 23 nitrogen and oxygen atoms in total. The number of nitrogens with zero attached hydrogens (tertiary/aromatic N) is 1. The summed E-state index contributed by atoms with van der Waals surface area (Å²) in [4.78, 5) is 137. The Morgan fingerprint density at radius 3 is 1.85 bits per heavy atom. The number of aliphatic carboxylic acids is 1. The molecule has 3 rings (SSSR count). The number of carbonyl (C=O) groups excluding carboxylic acids is 9. The lowest BCUT2D eigenvalue weighted by molar-refractivity contribution is -0.141. The van der Waals surface area contributed by atoms with Gasteiger partial charge in [-0.3, -0.25) is 43.2 Å². The number of nitrogens with two attached hydrogens (primary N) is 3. The van der Waals surface area contributed by atoms with Crippen LogP contribution in [0.3, 0.4) is 0 Å². The summed E-state index contributed by atoms with van der Waals surface area (Å²) in [6.45, 7) is 8.45. The molecular formula is C46H73N11O12S2. The number of hydrogen-bond acceptors (Lipinski definition) is 15. The van der Waals surface area contributed by atoms with Gasteiger partial charge in [0.15, 0.2) is 0 Å². The van der Waals surface area contributed by atoms with Crippen molar-refractivity contribution in [1.82, 2.24) is 42.1 Å². The fourth-order valence-electron chi connectivity index (χ4n) is 7.86. The molecule has 9 amide bonds. The molecule has 2 heterocycles. The van der Waals surface area contributed by atoms with Crippen LogP contribution < -0.4 is 54.4 Å². The average Bonchev–Trinajstić information content (AvgIpc) is 3.80. The number of fused-ring (bicyclic) bond motifs is 1. The maximum absolute atomic E-state index is 14.3. The van der Waals surface area contributed by atoms with E-state index in [-0.39, 0.29) is 62.6 Å². The van der Waals surface area contributed by atoms with Crippen molar-refractivity contribution in [2.45, 2.75) is 153 Å². The Morgan fingerprint density at radius 2 is 1.25 bits per heavy atom. The first-order valence-electron chi connectivity index (χ1n) is 23.9. The summed E-state index contributed by atoms with van der Waals surface area (Å²) >= 11 is 0. The molecule has 0 aliphatic carbocycles. The number of aliphatic hydroxyl groups is 1. The molecule has 71 heavy (non-hydrogen) atoms. The third kappa shape index (κ3) is 19.6. The van der Waals surface area contributed by atoms with E-state index in [9.17, 15) is 58.2 Å². The second-order valence-corrected chi connectivity index (χ2v) is 21.1. The van der Waals surface area contributed by atoms with E-state index in [1.54, 1.807) is 58.0 Å². The molecule has 0 radical (unpaired) electrons. The smallest absolute Gasteiger partial charge is 0.327 e. The van der Waals surface area contributed by atoms with E-state index in [0.29, 0.717) is 24.8 Å². The lowest BCUT2D eigenvalue weighted by atomic mass is 9.99. The first-order chi connectivity index (χ1) is 33.5. The Balaban J connectivity index is 2.09. The summed E-state index contributed by atoms with van der Waals surface area (Å²) in [6.07, 6.45) is -0.928. The number of rotatable bonds is 14. The molecular weight excluding hydrogens is 963 g/mol. The van der Waals surface area contributed by atoms with Gasteiger partial charge in [0.25, 0.3) is 0 Å². The minimum atomic E-state index is -1.75. The second kappa shape index (κ2) is 29.7. The Labute approximate surface area is 421 Å². The summed E-state index contributed by atoms with van der Waals surface area (Å²) in [7, 11) is 2.08. The Morgan fingerprint density at radius 1 is 0.704 bits per heavy atom. The highest BCUT2D eigenvalue weighted by Crippen LogP contribution is 2.25. The summed E-state index contributed by atoms with van der Waals surface area (Å²) in [5.41, 5.74) is 18.1. The van der Waals surface area contributed by atoms with E-state index in [1.807, 2.05) is 0 Å². The quantitative estimate of drug-likeness (QED) is 0.0701. The first-order valence-corrected chi connectivity index (χ1v) is 26.4. The molecule has 2 aliphatic rings. The van der Waals surface area contributed by atoms with Gasteiger partial charge in [0, 0.05) is 30.9 Å². The fraction of sp³-hybridized carbons (Fsp3) is 0.652. The Hall–Kier alpha value is -5.50. The normalized spacial score (nSPS) is 27.1. The van der Waals surface area contributed by atoms with Crippen molar-refractivity contribution in [2.75, 3.05) is 24.6 Å². The van der Waals surface area contributed by atoms with Crippen LogP contribution in [-0.2, 0) is 54.4 Å². The zero-order chi connectivity index (χ0) is 52.9. The number of amides is 9. The van der Waals surface area contributed by atoms with Crippen LogP contribution in [0, 0.1) is 11.8 Å². The van der Waals surface area contributed by atoms with Gasteiger partial charge in [-0.1, -0.05) is 79.6 Å². The van der Waals surface area contributed by atoms with Gasteiger partial charge in [-0.25, -0.2) is 4.79 Å². The van der Waals surface area contributed by atoms with Gasteiger partial charge < -0.3 is 69.5 Å². The number of aliphatic hydroxyl groups excluding tert-OH is 1. The number of primary amides is 1. The van der Waals surface area contributed by atoms with Crippen LogP contribution in [0.4, 0.5) is 0 Å². The van der Waals surface area contributed by atoms with Gasteiger partial charge in [0.05, 0.1) is 12.1 Å². The monoisotopic (exact) mass is 1040 g/mol. The van der Waals surface area contributed by atoms with E-state index in [1.165, 1.54) is 11.8 Å². The summed E-state index contributed by atoms with van der Waals surface area (Å²) in [5, 5.41) is 38.9. The Kier molecular flexibility index (Phi) is 25.1.